The molecule has 176 valence electrons. The first-order valence-electron chi connectivity index (χ1n) is 10.8. The van der Waals surface area contributed by atoms with Crippen LogP contribution < -0.4 is 20.1 Å². The number of hydrogen-bond acceptors (Lipinski definition) is 4. The Bertz CT molecular complexity index is 889. The summed E-state index contributed by atoms with van der Waals surface area (Å²) in [5, 5.41) is 6.64. The highest BCUT2D eigenvalue weighted by Crippen LogP contribution is 2.36. The average Bonchev–Trinajstić information content (AvgIpc) is 2.79. The van der Waals surface area contributed by atoms with Gasteiger partial charge in [-0.25, -0.2) is 4.39 Å². The number of hydrogen-bond donors (Lipinski definition) is 2. The number of halogens is 2. The first-order chi connectivity index (χ1) is 15.1. The first-order valence-corrected chi connectivity index (χ1v) is 10.8. The van der Waals surface area contributed by atoms with Crippen molar-refractivity contribution in [3.63, 3.8) is 0 Å². The maximum absolute atomic E-state index is 13.9. The Morgan fingerprint density at radius 2 is 1.91 bits per heavy atom. The van der Waals surface area contributed by atoms with Gasteiger partial charge in [0.05, 0.1) is 20.3 Å². The molecule has 1 fully saturated rings. The maximum atomic E-state index is 13.9. The van der Waals surface area contributed by atoms with Gasteiger partial charge in [0.2, 0.25) is 0 Å². The second-order valence-corrected chi connectivity index (χ2v) is 7.52. The number of aliphatic imine (C=N–C) groups is 1. The van der Waals surface area contributed by atoms with Crippen LogP contribution in [0.15, 0.2) is 47.5 Å². The Balaban J connectivity index is 0.00000363. The molecule has 0 aromatic heterocycles. The van der Waals surface area contributed by atoms with Crippen molar-refractivity contribution in [2.75, 3.05) is 45.3 Å². The zero-order valence-electron chi connectivity index (χ0n) is 18.9. The smallest absolute Gasteiger partial charge is 0.195 e. The molecular weight excluding hydrogens is 524 g/mol. The Morgan fingerprint density at radius 1 is 1.12 bits per heavy atom. The summed E-state index contributed by atoms with van der Waals surface area (Å²) in [5.41, 5.74) is 1.56. The molecule has 2 aromatic rings. The lowest BCUT2D eigenvalue weighted by molar-refractivity contribution is 0.0530. The summed E-state index contributed by atoms with van der Waals surface area (Å²) in [6, 6.07) is 12.5. The van der Waals surface area contributed by atoms with Crippen LogP contribution in [0.5, 0.6) is 11.5 Å². The van der Waals surface area contributed by atoms with E-state index in [2.05, 4.69) is 10.6 Å². The fourth-order valence-corrected chi connectivity index (χ4v) is 3.82. The molecule has 0 aliphatic carbocycles. The van der Waals surface area contributed by atoms with E-state index in [4.69, 9.17) is 19.2 Å². The van der Waals surface area contributed by atoms with Crippen LogP contribution in [0.3, 0.4) is 0 Å². The van der Waals surface area contributed by atoms with Crippen molar-refractivity contribution in [3.05, 3.63) is 53.8 Å². The third kappa shape index (κ3) is 6.71. The largest absolute Gasteiger partial charge is 0.493 e. The van der Waals surface area contributed by atoms with E-state index in [1.807, 2.05) is 38.1 Å². The molecule has 0 atom stereocenters. The molecule has 1 aliphatic rings. The van der Waals surface area contributed by atoms with Crippen molar-refractivity contribution in [2.45, 2.75) is 32.1 Å². The van der Waals surface area contributed by atoms with E-state index in [1.54, 1.807) is 19.2 Å². The quantitative estimate of drug-likeness (QED) is 0.273. The Kier molecular flexibility index (Phi) is 10.5. The van der Waals surface area contributed by atoms with Gasteiger partial charge >= 0.3 is 0 Å². The van der Waals surface area contributed by atoms with Gasteiger partial charge in [0, 0.05) is 36.9 Å². The summed E-state index contributed by atoms with van der Waals surface area (Å²) in [7, 11) is 1.62. The van der Waals surface area contributed by atoms with Crippen LogP contribution in [0.4, 0.5) is 10.1 Å². The topological polar surface area (TPSA) is 64.1 Å². The van der Waals surface area contributed by atoms with Gasteiger partial charge in [0.1, 0.15) is 5.82 Å². The summed E-state index contributed by atoms with van der Waals surface area (Å²) < 4.78 is 30.6. The summed E-state index contributed by atoms with van der Waals surface area (Å²) in [6.45, 7) is 7.04. The molecule has 0 saturated carbocycles. The van der Waals surface area contributed by atoms with E-state index in [1.165, 1.54) is 6.07 Å². The highest BCUT2D eigenvalue weighted by atomic mass is 127. The van der Waals surface area contributed by atoms with E-state index in [9.17, 15) is 4.39 Å². The molecule has 2 aromatic carbocycles. The molecule has 0 spiro atoms. The number of guanidine groups is 1. The van der Waals surface area contributed by atoms with Crippen LogP contribution in [0, 0.1) is 5.82 Å². The van der Waals surface area contributed by atoms with Crippen molar-refractivity contribution in [3.8, 4) is 11.5 Å². The van der Waals surface area contributed by atoms with Crippen molar-refractivity contribution in [2.24, 2.45) is 4.99 Å². The summed E-state index contributed by atoms with van der Waals surface area (Å²) in [6.07, 6.45) is 1.60. The zero-order valence-corrected chi connectivity index (χ0v) is 21.3. The molecule has 32 heavy (non-hydrogen) atoms. The van der Waals surface area contributed by atoms with Gasteiger partial charge in [-0.2, -0.15) is 0 Å². The zero-order chi connectivity index (χ0) is 22.1. The molecule has 0 amide bonds. The Hall–Kier alpha value is -2.07. The predicted molar refractivity (Wildman–Crippen MR) is 137 cm³/mol. The third-order valence-electron chi connectivity index (χ3n) is 5.50. The van der Waals surface area contributed by atoms with Gasteiger partial charge in [0.15, 0.2) is 17.5 Å². The number of nitrogens with zero attached hydrogens (tertiary/aromatic N) is 1. The van der Waals surface area contributed by atoms with E-state index >= 15 is 0 Å². The lowest BCUT2D eigenvalue weighted by atomic mass is 9.74. The monoisotopic (exact) mass is 557 g/mol. The molecule has 6 nitrogen and oxygen atoms in total. The van der Waals surface area contributed by atoms with E-state index in [0.29, 0.717) is 43.8 Å². The predicted octanol–water partition coefficient (Wildman–Crippen LogP) is 4.98. The standard InChI is InChI=1S/C24H32FN3O3.HI/c1-4-26-23(28-20-9-10-21(29-3)22(16-20)31-5-2)27-17-24(11-13-30-14-12-24)18-7-6-8-19(25)15-18;/h6-10,15-16H,4-5,11-14,17H2,1-3H3,(H2,26,27,28);1H. The number of methoxy groups -OCH3 is 1. The van der Waals surface area contributed by atoms with Crippen LogP contribution >= 0.6 is 24.0 Å². The number of nitrogens with one attached hydrogen (secondary N) is 2. The maximum Gasteiger partial charge on any atom is 0.195 e. The van der Waals surface area contributed by atoms with E-state index in [-0.39, 0.29) is 35.2 Å². The van der Waals surface area contributed by atoms with E-state index < -0.39 is 0 Å². The highest BCUT2D eigenvalue weighted by Gasteiger charge is 2.34. The fraction of sp³-hybridized carbons (Fsp3) is 0.458. The molecule has 0 radical (unpaired) electrons. The second-order valence-electron chi connectivity index (χ2n) is 7.52. The molecule has 8 heteroatoms. The average molecular weight is 557 g/mol. The lowest BCUT2D eigenvalue weighted by Crippen LogP contribution is -2.39. The van der Waals surface area contributed by atoms with Crippen molar-refractivity contribution >= 4 is 35.6 Å². The molecule has 2 N–H and O–H groups in total. The second kappa shape index (κ2) is 12.8. The van der Waals surface area contributed by atoms with Crippen LogP contribution in [0.25, 0.3) is 0 Å². The Labute approximate surface area is 207 Å². The van der Waals surface area contributed by atoms with Gasteiger partial charge in [-0.3, -0.25) is 4.99 Å². The normalized spacial score (nSPS) is 15.4. The lowest BCUT2D eigenvalue weighted by Gasteiger charge is -2.36. The number of rotatable bonds is 8. The van der Waals surface area contributed by atoms with Crippen LogP contribution in [0.1, 0.15) is 32.3 Å². The molecule has 0 unspecified atom stereocenters. The minimum Gasteiger partial charge on any atom is -0.493 e. The summed E-state index contributed by atoms with van der Waals surface area (Å²) in [5.74, 6) is 1.80. The minimum atomic E-state index is -0.251. The molecule has 1 saturated heterocycles. The summed E-state index contributed by atoms with van der Waals surface area (Å²) >= 11 is 0. The first kappa shape index (κ1) is 26.2. The number of anilines is 1. The van der Waals surface area contributed by atoms with Gasteiger partial charge in [-0.05, 0) is 56.5 Å². The summed E-state index contributed by atoms with van der Waals surface area (Å²) in [4.78, 5) is 4.87. The van der Waals surface area contributed by atoms with Crippen molar-refractivity contribution < 1.29 is 18.6 Å². The number of ether oxygens (including phenoxy) is 3. The molecule has 1 heterocycles. The SMILES string of the molecule is CCNC(=NCC1(c2cccc(F)c2)CCOCC1)Nc1ccc(OC)c(OCC)c1.I. The van der Waals surface area contributed by atoms with Crippen LogP contribution in [0.2, 0.25) is 0 Å². The van der Waals surface area contributed by atoms with Crippen molar-refractivity contribution in [1.82, 2.24) is 5.32 Å². The molecule has 0 bridgehead atoms. The molecular formula is C24H33FIN3O3. The third-order valence-corrected chi connectivity index (χ3v) is 5.50. The van der Waals surface area contributed by atoms with E-state index in [0.717, 1.165) is 30.6 Å². The van der Waals surface area contributed by atoms with Gasteiger partial charge in [-0.1, -0.05) is 12.1 Å². The minimum absolute atomic E-state index is 0. The van der Waals surface area contributed by atoms with Crippen molar-refractivity contribution in [1.29, 1.82) is 0 Å². The Morgan fingerprint density at radius 3 is 2.56 bits per heavy atom. The molecule has 1 aliphatic heterocycles. The van der Waals surface area contributed by atoms with Gasteiger partial charge in [-0.15, -0.1) is 24.0 Å². The highest BCUT2D eigenvalue weighted by molar-refractivity contribution is 14.0. The van der Waals surface area contributed by atoms with Crippen LogP contribution in [-0.4, -0.2) is 46.0 Å². The molecule has 3 rings (SSSR count). The number of benzene rings is 2. The fourth-order valence-electron chi connectivity index (χ4n) is 3.82. The van der Waals surface area contributed by atoms with Gasteiger partial charge in [0.25, 0.3) is 0 Å². The van der Waals surface area contributed by atoms with Crippen LogP contribution in [-0.2, 0) is 10.2 Å². The van der Waals surface area contributed by atoms with Gasteiger partial charge < -0.3 is 24.8 Å².